The molecule has 0 saturated heterocycles. The lowest BCUT2D eigenvalue weighted by molar-refractivity contribution is 0.365. The Bertz CT molecular complexity index is 507. The van der Waals surface area contributed by atoms with Crippen molar-refractivity contribution in [3.8, 4) is 0 Å². The van der Waals surface area contributed by atoms with Gasteiger partial charge in [-0.05, 0) is 39.2 Å². The molecule has 1 aromatic heterocycles. The van der Waals surface area contributed by atoms with Crippen molar-refractivity contribution in [2.75, 3.05) is 20.6 Å². The predicted molar refractivity (Wildman–Crippen MR) is 66.3 cm³/mol. The maximum absolute atomic E-state index is 13.4. The van der Waals surface area contributed by atoms with Crippen molar-refractivity contribution in [3.63, 3.8) is 0 Å². The molecule has 0 aliphatic rings. The third kappa shape index (κ3) is 2.65. The first-order valence-corrected chi connectivity index (χ1v) is 5.66. The molecule has 1 heterocycles. The topological polar surface area (TPSA) is 42.4 Å². The van der Waals surface area contributed by atoms with Crippen LogP contribution in [-0.2, 0) is 0 Å². The number of hydrogen-bond donors (Lipinski definition) is 1. The van der Waals surface area contributed by atoms with E-state index in [1.54, 1.807) is 6.07 Å². The van der Waals surface area contributed by atoms with Crippen LogP contribution < -0.4 is 5.73 Å². The predicted octanol–water partition coefficient (Wildman–Crippen LogP) is 2.52. The highest BCUT2D eigenvalue weighted by molar-refractivity contribution is 5.78. The maximum Gasteiger partial charge on any atom is 0.169 e. The molecular formula is C13H17FN2O. The van der Waals surface area contributed by atoms with Gasteiger partial charge in [-0.1, -0.05) is 12.1 Å². The first kappa shape index (κ1) is 12.1. The number of rotatable bonds is 4. The van der Waals surface area contributed by atoms with Gasteiger partial charge in [0.25, 0.3) is 0 Å². The molecule has 0 amide bonds. The second kappa shape index (κ2) is 4.85. The van der Waals surface area contributed by atoms with E-state index in [1.807, 2.05) is 26.2 Å². The summed E-state index contributed by atoms with van der Waals surface area (Å²) < 4.78 is 18.9. The standard InChI is InChI=1S/C13H17FN2O/c1-16(2)7-6-11(15)12-8-9-4-3-5-10(14)13(9)17-12/h3-5,8,11H,6-7,15H2,1-2H3. The summed E-state index contributed by atoms with van der Waals surface area (Å²) in [5.74, 6) is 0.306. The Morgan fingerprint density at radius 1 is 1.41 bits per heavy atom. The molecule has 4 heteroatoms. The fourth-order valence-electron chi connectivity index (χ4n) is 1.77. The van der Waals surface area contributed by atoms with Gasteiger partial charge in [-0.2, -0.15) is 0 Å². The maximum atomic E-state index is 13.4. The van der Waals surface area contributed by atoms with Gasteiger partial charge in [-0.25, -0.2) is 4.39 Å². The quantitative estimate of drug-likeness (QED) is 0.887. The van der Waals surface area contributed by atoms with Crippen LogP contribution in [-0.4, -0.2) is 25.5 Å². The van der Waals surface area contributed by atoms with Crippen LogP contribution in [0.25, 0.3) is 11.0 Å². The van der Waals surface area contributed by atoms with E-state index >= 15 is 0 Å². The van der Waals surface area contributed by atoms with Gasteiger partial charge in [0.1, 0.15) is 5.76 Å². The van der Waals surface area contributed by atoms with Crippen molar-refractivity contribution in [1.29, 1.82) is 0 Å². The lowest BCUT2D eigenvalue weighted by Gasteiger charge is -2.12. The molecule has 2 rings (SSSR count). The van der Waals surface area contributed by atoms with Crippen molar-refractivity contribution < 1.29 is 8.81 Å². The average Bonchev–Trinajstić information content (AvgIpc) is 2.71. The van der Waals surface area contributed by atoms with Crippen LogP contribution in [0.1, 0.15) is 18.2 Å². The highest BCUT2D eigenvalue weighted by Gasteiger charge is 2.14. The van der Waals surface area contributed by atoms with Gasteiger partial charge in [0.2, 0.25) is 0 Å². The van der Waals surface area contributed by atoms with Gasteiger partial charge >= 0.3 is 0 Å². The Labute approximate surface area is 100.0 Å². The van der Waals surface area contributed by atoms with Gasteiger partial charge in [0.15, 0.2) is 11.4 Å². The van der Waals surface area contributed by atoms with Crippen LogP contribution in [0.3, 0.4) is 0 Å². The summed E-state index contributed by atoms with van der Waals surface area (Å²) >= 11 is 0. The minimum absolute atomic E-state index is 0.191. The molecule has 3 nitrogen and oxygen atoms in total. The molecule has 0 bridgehead atoms. The molecule has 2 aromatic rings. The van der Waals surface area contributed by atoms with Gasteiger partial charge in [-0.15, -0.1) is 0 Å². The molecule has 0 aliphatic carbocycles. The smallest absolute Gasteiger partial charge is 0.169 e. The Morgan fingerprint density at radius 3 is 2.82 bits per heavy atom. The normalized spacial score (nSPS) is 13.5. The minimum Gasteiger partial charge on any atom is -0.456 e. The molecular weight excluding hydrogens is 219 g/mol. The molecule has 17 heavy (non-hydrogen) atoms. The molecule has 1 unspecified atom stereocenters. The van der Waals surface area contributed by atoms with E-state index in [2.05, 4.69) is 4.90 Å². The minimum atomic E-state index is -0.339. The highest BCUT2D eigenvalue weighted by Crippen LogP contribution is 2.26. The van der Waals surface area contributed by atoms with Crippen molar-refractivity contribution >= 4 is 11.0 Å². The summed E-state index contributed by atoms with van der Waals surface area (Å²) in [5, 5.41) is 0.764. The Morgan fingerprint density at radius 2 is 2.18 bits per heavy atom. The Balaban J connectivity index is 2.21. The third-order valence-corrected chi connectivity index (χ3v) is 2.77. The van der Waals surface area contributed by atoms with Crippen LogP contribution in [0, 0.1) is 5.82 Å². The van der Waals surface area contributed by atoms with Crippen molar-refractivity contribution in [3.05, 3.63) is 35.8 Å². The van der Waals surface area contributed by atoms with Crippen LogP contribution >= 0.6 is 0 Å². The van der Waals surface area contributed by atoms with E-state index in [-0.39, 0.29) is 11.9 Å². The zero-order valence-corrected chi connectivity index (χ0v) is 10.1. The molecule has 0 saturated carbocycles. The van der Waals surface area contributed by atoms with Gasteiger partial charge in [-0.3, -0.25) is 0 Å². The number of hydrogen-bond acceptors (Lipinski definition) is 3. The van der Waals surface area contributed by atoms with Crippen LogP contribution in [0.4, 0.5) is 4.39 Å². The Hall–Kier alpha value is -1.39. The fraction of sp³-hybridized carbons (Fsp3) is 0.385. The van der Waals surface area contributed by atoms with Crippen LogP contribution in [0.15, 0.2) is 28.7 Å². The number of furan rings is 1. The zero-order valence-electron chi connectivity index (χ0n) is 10.1. The van der Waals surface area contributed by atoms with Gasteiger partial charge in [0.05, 0.1) is 6.04 Å². The molecule has 0 aliphatic heterocycles. The number of nitrogens with zero attached hydrogens (tertiary/aromatic N) is 1. The first-order chi connectivity index (χ1) is 8.08. The highest BCUT2D eigenvalue weighted by atomic mass is 19.1. The molecule has 0 radical (unpaired) electrons. The van der Waals surface area contributed by atoms with Crippen LogP contribution in [0.2, 0.25) is 0 Å². The van der Waals surface area contributed by atoms with E-state index in [0.717, 1.165) is 18.4 Å². The third-order valence-electron chi connectivity index (χ3n) is 2.77. The van der Waals surface area contributed by atoms with E-state index in [9.17, 15) is 4.39 Å². The monoisotopic (exact) mass is 236 g/mol. The molecule has 92 valence electrons. The van der Waals surface area contributed by atoms with E-state index in [1.165, 1.54) is 6.07 Å². The van der Waals surface area contributed by atoms with Gasteiger partial charge in [0, 0.05) is 5.39 Å². The van der Waals surface area contributed by atoms with Crippen molar-refractivity contribution in [2.24, 2.45) is 5.73 Å². The van der Waals surface area contributed by atoms with E-state index < -0.39 is 0 Å². The SMILES string of the molecule is CN(C)CCC(N)c1cc2cccc(F)c2o1. The first-order valence-electron chi connectivity index (χ1n) is 5.66. The fourth-order valence-corrected chi connectivity index (χ4v) is 1.77. The molecule has 0 fully saturated rings. The summed E-state index contributed by atoms with van der Waals surface area (Å²) in [6.45, 7) is 0.876. The number of benzene rings is 1. The van der Waals surface area contributed by atoms with Crippen molar-refractivity contribution in [2.45, 2.75) is 12.5 Å². The lowest BCUT2D eigenvalue weighted by atomic mass is 10.1. The summed E-state index contributed by atoms with van der Waals surface area (Å²) in [6, 6.07) is 6.51. The number of fused-ring (bicyclic) bond motifs is 1. The number of halogens is 1. The van der Waals surface area contributed by atoms with E-state index in [4.69, 9.17) is 10.2 Å². The molecule has 2 N–H and O–H groups in total. The summed E-state index contributed by atoms with van der Waals surface area (Å²) in [6.07, 6.45) is 0.786. The molecule has 1 atom stereocenters. The van der Waals surface area contributed by atoms with Crippen LogP contribution in [0.5, 0.6) is 0 Å². The summed E-state index contributed by atoms with van der Waals surface area (Å²) in [4.78, 5) is 2.06. The largest absolute Gasteiger partial charge is 0.456 e. The average molecular weight is 236 g/mol. The van der Waals surface area contributed by atoms with E-state index in [0.29, 0.717) is 11.3 Å². The Kier molecular flexibility index (Phi) is 3.45. The van der Waals surface area contributed by atoms with Gasteiger partial charge < -0.3 is 15.1 Å². The second-order valence-electron chi connectivity index (χ2n) is 4.51. The summed E-state index contributed by atoms with van der Waals surface area (Å²) in [7, 11) is 3.98. The molecule has 1 aromatic carbocycles. The molecule has 0 spiro atoms. The second-order valence-corrected chi connectivity index (χ2v) is 4.51. The summed E-state index contributed by atoms with van der Waals surface area (Å²) in [5.41, 5.74) is 6.31. The lowest BCUT2D eigenvalue weighted by Crippen LogP contribution is -2.19. The van der Waals surface area contributed by atoms with Crippen molar-refractivity contribution in [1.82, 2.24) is 4.90 Å². The zero-order chi connectivity index (χ0) is 12.4. The number of para-hydroxylation sites is 1. The number of nitrogens with two attached hydrogens (primary N) is 1.